The van der Waals surface area contributed by atoms with Crippen molar-refractivity contribution in [2.24, 2.45) is 7.05 Å². The Kier molecular flexibility index (Phi) is 4.24. The lowest BCUT2D eigenvalue weighted by Crippen LogP contribution is -2.49. The maximum atomic E-state index is 13.7. The summed E-state index contributed by atoms with van der Waals surface area (Å²) in [4.78, 5) is 25.1. The lowest BCUT2D eigenvalue weighted by atomic mass is 10.1. The summed E-state index contributed by atoms with van der Waals surface area (Å²) in [6, 6.07) is 6.42. The molecule has 3 aromatic rings. The molecule has 0 radical (unpaired) electrons. The van der Waals surface area contributed by atoms with E-state index in [0.717, 1.165) is 16.9 Å². The van der Waals surface area contributed by atoms with Crippen LogP contribution in [0, 0.1) is 5.82 Å². The van der Waals surface area contributed by atoms with Crippen molar-refractivity contribution < 1.29 is 9.18 Å². The molecule has 1 aliphatic rings. The van der Waals surface area contributed by atoms with Gasteiger partial charge in [0.25, 0.3) is 0 Å². The van der Waals surface area contributed by atoms with E-state index in [2.05, 4.69) is 20.0 Å². The molecule has 0 N–H and O–H groups in total. The van der Waals surface area contributed by atoms with Gasteiger partial charge in [-0.25, -0.2) is 14.4 Å². The highest BCUT2D eigenvalue weighted by Gasteiger charge is 2.24. The predicted octanol–water partition coefficient (Wildman–Crippen LogP) is 1.39. The van der Waals surface area contributed by atoms with Crippen molar-refractivity contribution in [2.45, 2.75) is 6.42 Å². The molecule has 0 atom stereocenters. The number of nitrogens with zero attached hydrogens (tertiary/aromatic N) is 6. The fourth-order valence-corrected chi connectivity index (χ4v) is 3.29. The molecule has 0 unspecified atom stereocenters. The van der Waals surface area contributed by atoms with Crippen molar-refractivity contribution in [2.75, 3.05) is 31.1 Å². The van der Waals surface area contributed by atoms with Gasteiger partial charge in [0.2, 0.25) is 5.91 Å². The molecule has 0 bridgehead atoms. The Hall–Kier alpha value is -3.03. The van der Waals surface area contributed by atoms with Gasteiger partial charge in [-0.2, -0.15) is 5.10 Å². The molecule has 8 heteroatoms. The third-order valence-electron chi connectivity index (χ3n) is 4.74. The summed E-state index contributed by atoms with van der Waals surface area (Å²) in [5, 5.41) is 5.14. The number of hydrogen-bond acceptors (Lipinski definition) is 5. The Morgan fingerprint density at radius 2 is 1.92 bits per heavy atom. The number of benzene rings is 1. The lowest BCUT2D eigenvalue weighted by molar-refractivity contribution is -0.130. The quantitative estimate of drug-likeness (QED) is 0.711. The molecular weight excluding hydrogens is 335 g/mol. The minimum Gasteiger partial charge on any atom is -0.352 e. The fraction of sp³-hybridized carbons (Fsp3) is 0.333. The van der Waals surface area contributed by atoms with E-state index in [-0.39, 0.29) is 18.1 Å². The van der Waals surface area contributed by atoms with E-state index >= 15 is 0 Å². The molecule has 2 aromatic heterocycles. The maximum Gasteiger partial charge on any atom is 0.227 e. The SMILES string of the molecule is Cn1ncc2c(N3CCN(C(=O)Cc4ccccc4F)CC3)ncnc21. The first-order valence-corrected chi connectivity index (χ1v) is 8.52. The summed E-state index contributed by atoms with van der Waals surface area (Å²) in [5.41, 5.74) is 1.22. The van der Waals surface area contributed by atoms with Gasteiger partial charge in [0.1, 0.15) is 18.0 Å². The van der Waals surface area contributed by atoms with E-state index in [0.29, 0.717) is 31.7 Å². The highest BCUT2D eigenvalue weighted by atomic mass is 19.1. The third kappa shape index (κ3) is 2.98. The van der Waals surface area contributed by atoms with Gasteiger partial charge in [-0.15, -0.1) is 0 Å². The molecule has 1 saturated heterocycles. The number of piperazine rings is 1. The van der Waals surface area contributed by atoms with Gasteiger partial charge < -0.3 is 9.80 Å². The van der Waals surface area contributed by atoms with Crippen LogP contribution in [0.2, 0.25) is 0 Å². The van der Waals surface area contributed by atoms with Crippen molar-refractivity contribution in [3.05, 3.63) is 48.2 Å². The second-order valence-corrected chi connectivity index (χ2v) is 6.34. The first kappa shape index (κ1) is 16.4. The monoisotopic (exact) mass is 354 g/mol. The summed E-state index contributed by atoms with van der Waals surface area (Å²) < 4.78 is 15.5. The van der Waals surface area contributed by atoms with Crippen LogP contribution in [-0.4, -0.2) is 56.7 Å². The van der Waals surface area contributed by atoms with E-state index in [1.165, 1.54) is 12.4 Å². The highest BCUT2D eigenvalue weighted by molar-refractivity contribution is 5.87. The second-order valence-electron chi connectivity index (χ2n) is 6.34. The molecular formula is C18H19FN6O. The minimum atomic E-state index is -0.334. The van der Waals surface area contributed by atoms with Gasteiger partial charge in [0.15, 0.2) is 5.65 Å². The predicted molar refractivity (Wildman–Crippen MR) is 95.2 cm³/mol. The molecule has 1 aliphatic heterocycles. The fourth-order valence-electron chi connectivity index (χ4n) is 3.29. The van der Waals surface area contributed by atoms with Crippen LogP contribution in [0.25, 0.3) is 11.0 Å². The van der Waals surface area contributed by atoms with Crippen molar-refractivity contribution in [1.82, 2.24) is 24.6 Å². The van der Waals surface area contributed by atoms with Gasteiger partial charge in [0, 0.05) is 33.2 Å². The van der Waals surface area contributed by atoms with Crippen LogP contribution in [0.4, 0.5) is 10.2 Å². The van der Waals surface area contributed by atoms with Crippen molar-refractivity contribution >= 4 is 22.8 Å². The van der Waals surface area contributed by atoms with Crippen LogP contribution in [0.5, 0.6) is 0 Å². The first-order valence-electron chi connectivity index (χ1n) is 8.52. The number of rotatable bonds is 3. The first-order chi connectivity index (χ1) is 12.6. The number of aromatic nitrogens is 4. The molecule has 26 heavy (non-hydrogen) atoms. The number of aryl methyl sites for hydroxylation is 1. The standard InChI is InChI=1S/C18H19FN6O/c1-23-17-14(11-22-23)18(21-12-20-17)25-8-6-24(7-9-25)16(26)10-13-4-2-3-5-15(13)19/h2-5,11-12H,6-10H2,1H3. The number of amides is 1. The summed E-state index contributed by atoms with van der Waals surface area (Å²) in [5.74, 6) is 0.452. The van der Waals surface area contributed by atoms with Crippen LogP contribution in [0.15, 0.2) is 36.8 Å². The Labute approximate surface area is 150 Å². The number of carbonyl (C=O) groups is 1. The van der Waals surface area contributed by atoms with Gasteiger partial charge in [-0.3, -0.25) is 9.48 Å². The van der Waals surface area contributed by atoms with Crippen molar-refractivity contribution in [3.63, 3.8) is 0 Å². The molecule has 1 fully saturated rings. The minimum absolute atomic E-state index is 0.0519. The average Bonchev–Trinajstić information content (AvgIpc) is 3.05. The average molecular weight is 354 g/mol. The summed E-state index contributed by atoms with van der Waals surface area (Å²) in [6.45, 7) is 2.51. The van der Waals surface area contributed by atoms with Gasteiger partial charge >= 0.3 is 0 Å². The van der Waals surface area contributed by atoms with Crippen LogP contribution in [0.3, 0.4) is 0 Å². The zero-order chi connectivity index (χ0) is 18.1. The molecule has 134 valence electrons. The molecule has 1 amide bonds. The molecule has 0 saturated carbocycles. The Morgan fingerprint density at radius 1 is 1.15 bits per heavy atom. The molecule has 7 nitrogen and oxygen atoms in total. The van der Waals surface area contributed by atoms with Crippen molar-refractivity contribution in [1.29, 1.82) is 0 Å². The maximum absolute atomic E-state index is 13.7. The van der Waals surface area contributed by atoms with E-state index in [9.17, 15) is 9.18 Å². The van der Waals surface area contributed by atoms with E-state index in [1.54, 1.807) is 34.0 Å². The van der Waals surface area contributed by atoms with Gasteiger partial charge in [-0.1, -0.05) is 18.2 Å². The van der Waals surface area contributed by atoms with Crippen LogP contribution < -0.4 is 4.90 Å². The Balaban J connectivity index is 1.44. The summed E-state index contributed by atoms with van der Waals surface area (Å²) in [7, 11) is 1.85. The molecule has 0 aliphatic carbocycles. The molecule has 1 aromatic carbocycles. The number of hydrogen-bond donors (Lipinski definition) is 0. The Bertz CT molecular complexity index is 948. The summed E-state index contributed by atoms with van der Waals surface area (Å²) in [6.07, 6.45) is 3.39. The van der Waals surface area contributed by atoms with Crippen LogP contribution >= 0.6 is 0 Å². The zero-order valence-corrected chi connectivity index (χ0v) is 14.5. The smallest absolute Gasteiger partial charge is 0.227 e. The van der Waals surface area contributed by atoms with E-state index in [1.807, 2.05) is 7.05 Å². The highest BCUT2D eigenvalue weighted by Crippen LogP contribution is 2.23. The third-order valence-corrected chi connectivity index (χ3v) is 4.74. The van der Waals surface area contributed by atoms with Gasteiger partial charge in [-0.05, 0) is 11.6 Å². The molecule has 3 heterocycles. The topological polar surface area (TPSA) is 67.2 Å². The second kappa shape index (κ2) is 6.70. The largest absolute Gasteiger partial charge is 0.352 e. The number of fused-ring (bicyclic) bond motifs is 1. The normalized spacial score (nSPS) is 14.8. The lowest BCUT2D eigenvalue weighted by Gasteiger charge is -2.35. The number of halogens is 1. The number of carbonyl (C=O) groups excluding carboxylic acids is 1. The van der Waals surface area contributed by atoms with Crippen molar-refractivity contribution in [3.8, 4) is 0 Å². The van der Waals surface area contributed by atoms with Crippen LogP contribution in [-0.2, 0) is 18.3 Å². The number of anilines is 1. The molecule has 4 rings (SSSR count). The van der Waals surface area contributed by atoms with Crippen LogP contribution in [0.1, 0.15) is 5.56 Å². The summed E-state index contributed by atoms with van der Waals surface area (Å²) >= 11 is 0. The van der Waals surface area contributed by atoms with E-state index < -0.39 is 0 Å². The Morgan fingerprint density at radius 3 is 2.69 bits per heavy atom. The zero-order valence-electron chi connectivity index (χ0n) is 14.5. The van der Waals surface area contributed by atoms with Gasteiger partial charge in [0.05, 0.1) is 18.0 Å². The van der Waals surface area contributed by atoms with E-state index in [4.69, 9.17) is 0 Å². The molecule has 0 spiro atoms.